The normalized spacial score (nSPS) is 13.1. The van der Waals surface area contributed by atoms with E-state index in [9.17, 15) is 4.79 Å². The van der Waals surface area contributed by atoms with Crippen molar-refractivity contribution in [1.82, 2.24) is 15.1 Å². The molecule has 3 N–H and O–H groups in total. The second-order valence-electron chi connectivity index (χ2n) is 5.50. The molecule has 22 heavy (non-hydrogen) atoms. The molecule has 0 atom stereocenters. The molecule has 0 bridgehead atoms. The number of anilines is 1. The smallest absolute Gasteiger partial charge is 0.251 e. The number of carbonyl (C=O) groups excluding carboxylic acids is 1. The van der Waals surface area contributed by atoms with Gasteiger partial charge in [0.15, 0.2) is 0 Å². The SMILES string of the molecule is Cc1nn(CCO)c(C)c1CNc1ccc2c(c1)C(=O)NC2. The van der Waals surface area contributed by atoms with Crippen LogP contribution in [0.2, 0.25) is 0 Å². The molecule has 0 saturated heterocycles. The number of rotatable bonds is 5. The van der Waals surface area contributed by atoms with E-state index in [-0.39, 0.29) is 12.5 Å². The second-order valence-corrected chi connectivity index (χ2v) is 5.50. The predicted molar refractivity (Wildman–Crippen MR) is 83.7 cm³/mol. The molecule has 0 unspecified atom stereocenters. The molecule has 1 aliphatic heterocycles. The first-order valence-electron chi connectivity index (χ1n) is 7.39. The number of hydrogen-bond acceptors (Lipinski definition) is 4. The fourth-order valence-corrected chi connectivity index (χ4v) is 2.82. The summed E-state index contributed by atoms with van der Waals surface area (Å²) in [6.07, 6.45) is 0. The molecule has 6 heteroatoms. The van der Waals surface area contributed by atoms with Gasteiger partial charge in [0.1, 0.15) is 0 Å². The lowest BCUT2D eigenvalue weighted by atomic mass is 10.1. The lowest BCUT2D eigenvalue weighted by Gasteiger charge is -2.08. The first kappa shape index (κ1) is 14.6. The van der Waals surface area contributed by atoms with Gasteiger partial charge in [-0.15, -0.1) is 0 Å². The van der Waals surface area contributed by atoms with E-state index in [4.69, 9.17) is 5.11 Å². The van der Waals surface area contributed by atoms with Crippen LogP contribution in [-0.2, 0) is 19.6 Å². The van der Waals surface area contributed by atoms with Gasteiger partial charge >= 0.3 is 0 Å². The van der Waals surface area contributed by atoms with Crippen LogP contribution in [0, 0.1) is 13.8 Å². The summed E-state index contributed by atoms with van der Waals surface area (Å²) in [5.74, 6) is -0.0122. The average Bonchev–Trinajstić information content (AvgIpc) is 2.99. The minimum absolute atomic E-state index is 0.0122. The first-order valence-corrected chi connectivity index (χ1v) is 7.39. The van der Waals surface area contributed by atoms with Crippen molar-refractivity contribution in [2.45, 2.75) is 33.5 Å². The molecule has 0 saturated carbocycles. The van der Waals surface area contributed by atoms with E-state index < -0.39 is 0 Å². The van der Waals surface area contributed by atoms with Gasteiger partial charge in [0.05, 0.1) is 18.8 Å². The molecule has 0 spiro atoms. The molecule has 3 rings (SSSR count). The number of aryl methyl sites for hydroxylation is 1. The minimum Gasteiger partial charge on any atom is -0.394 e. The van der Waals surface area contributed by atoms with Gasteiger partial charge in [-0.2, -0.15) is 5.10 Å². The van der Waals surface area contributed by atoms with Gasteiger partial charge in [-0.25, -0.2) is 0 Å². The van der Waals surface area contributed by atoms with Crippen molar-refractivity contribution in [3.05, 3.63) is 46.3 Å². The van der Waals surface area contributed by atoms with Crippen LogP contribution in [0.25, 0.3) is 0 Å². The van der Waals surface area contributed by atoms with Crippen molar-refractivity contribution in [3.63, 3.8) is 0 Å². The van der Waals surface area contributed by atoms with Crippen LogP contribution in [0.15, 0.2) is 18.2 Å². The van der Waals surface area contributed by atoms with Gasteiger partial charge in [-0.05, 0) is 31.5 Å². The van der Waals surface area contributed by atoms with Gasteiger partial charge in [0, 0.05) is 35.6 Å². The average molecular weight is 300 g/mol. The molecule has 1 aromatic carbocycles. The summed E-state index contributed by atoms with van der Waals surface area (Å²) in [4.78, 5) is 11.7. The summed E-state index contributed by atoms with van der Waals surface area (Å²) in [5, 5.41) is 19.7. The van der Waals surface area contributed by atoms with Crippen LogP contribution in [0.4, 0.5) is 5.69 Å². The third-order valence-corrected chi connectivity index (χ3v) is 4.11. The van der Waals surface area contributed by atoms with Crippen molar-refractivity contribution in [2.24, 2.45) is 0 Å². The number of nitrogens with zero attached hydrogens (tertiary/aromatic N) is 2. The van der Waals surface area contributed by atoms with Crippen molar-refractivity contribution < 1.29 is 9.90 Å². The Labute approximate surface area is 129 Å². The number of nitrogens with one attached hydrogen (secondary N) is 2. The summed E-state index contributed by atoms with van der Waals surface area (Å²) < 4.78 is 1.82. The Balaban J connectivity index is 1.76. The van der Waals surface area contributed by atoms with E-state index in [1.54, 1.807) is 0 Å². The molecular formula is C16H20N4O2. The maximum Gasteiger partial charge on any atom is 0.251 e. The molecule has 1 aliphatic rings. The quantitative estimate of drug-likeness (QED) is 0.779. The summed E-state index contributed by atoms with van der Waals surface area (Å²) in [7, 11) is 0. The second kappa shape index (κ2) is 5.81. The zero-order valence-electron chi connectivity index (χ0n) is 12.8. The van der Waals surface area contributed by atoms with Crippen molar-refractivity contribution in [2.75, 3.05) is 11.9 Å². The van der Waals surface area contributed by atoms with Crippen LogP contribution in [-0.4, -0.2) is 27.4 Å². The largest absolute Gasteiger partial charge is 0.394 e. The Morgan fingerprint density at radius 3 is 3.00 bits per heavy atom. The maximum absolute atomic E-state index is 11.7. The molecule has 6 nitrogen and oxygen atoms in total. The van der Waals surface area contributed by atoms with Gasteiger partial charge in [0.2, 0.25) is 0 Å². The molecule has 0 fully saturated rings. The zero-order chi connectivity index (χ0) is 15.7. The number of carbonyl (C=O) groups is 1. The van der Waals surface area contributed by atoms with Crippen molar-refractivity contribution in [1.29, 1.82) is 0 Å². The zero-order valence-corrected chi connectivity index (χ0v) is 12.8. The Hall–Kier alpha value is -2.34. The summed E-state index contributed by atoms with van der Waals surface area (Å²) in [6, 6.07) is 5.85. The van der Waals surface area contributed by atoms with Crippen LogP contribution in [0.5, 0.6) is 0 Å². The van der Waals surface area contributed by atoms with E-state index in [1.165, 1.54) is 0 Å². The number of aromatic nitrogens is 2. The summed E-state index contributed by atoms with van der Waals surface area (Å²) in [6.45, 7) is 5.81. The number of fused-ring (bicyclic) bond motifs is 1. The van der Waals surface area contributed by atoms with Gasteiger partial charge < -0.3 is 15.7 Å². The Morgan fingerprint density at radius 1 is 1.41 bits per heavy atom. The molecule has 0 radical (unpaired) electrons. The van der Waals surface area contributed by atoms with E-state index >= 15 is 0 Å². The van der Waals surface area contributed by atoms with Crippen LogP contribution in [0.3, 0.4) is 0 Å². The monoisotopic (exact) mass is 300 g/mol. The number of hydrogen-bond donors (Lipinski definition) is 3. The van der Waals surface area contributed by atoms with Crippen LogP contribution >= 0.6 is 0 Å². The molecule has 0 aliphatic carbocycles. The maximum atomic E-state index is 11.7. The summed E-state index contributed by atoms with van der Waals surface area (Å²) >= 11 is 0. The highest BCUT2D eigenvalue weighted by Gasteiger charge is 2.18. The highest BCUT2D eigenvalue weighted by molar-refractivity contribution is 5.99. The van der Waals surface area contributed by atoms with Gasteiger partial charge in [-0.1, -0.05) is 6.07 Å². The molecular weight excluding hydrogens is 280 g/mol. The topological polar surface area (TPSA) is 79.2 Å². The van der Waals surface area contributed by atoms with Gasteiger partial charge in [0.25, 0.3) is 5.91 Å². The molecule has 2 aromatic rings. The fourth-order valence-electron chi connectivity index (χ4n) is 2.82. The number of aliphatic hydroxyl groups is 1. The lowest BCUT2D eigenvalue weighted by molar-refractivity contribution is 0.0966. The predicted octanol–water partition coefficient (Wildman–Crippen LogP) is 1.35. The standard InChI is InChI=1S/C16H20N4O2/c1-10-15(11(2)20(19-10)5-6-21)9-17-13-4-3-12-8-18-16(22)14(12)7-13/h3-4,7,17,21H,5-6,8-9H2,1-2H3,(H,18,22). The van der Waals surface area contributed by atoms with Crippen molar-refractivity contribution >= 4 is 11.6 Å². The molecule has 2 heterocycles. The van der Waals surface area contributed by atoms with Crippen molar-refractivity contribution in [3.8, 4) is 0 Å². The lowest BCUT2D eigenvalue weighted by Crippen LogP contribution is -2.12. The fraction of sp³-hybridized carbons (Fsp3) is 0.375. The molecule has 1 amide bonds. The molecule has 116 valence electrons. The third kappa shape index (κ3) is 2.57. The Bertz CT molecular complexity index is 721. The minimum atomic E-state index is -0.0122. The highest BCUT2D eigenvalue weighted by atomic mass is 16.3. The van der Waals surface area contributed by atoms with E-state index in [0.717, 1.165) is 33.8 Å². The highest BCUT2D eigenvalue weighted by Crippen LogP contribution is 2.21. The van der Waals surface area contributed by atoms with E-state index in [0.29, 0.717) is 19.6 Å². The van der Waals surface area contributed by atoms with E-state index in [2.05, 4.69) is 15.7 Å². The third-order valence-electron chi connectivity index (χ3n) is 4.11. The number of benzene rings is 1. The number of amides is 1. The molecule has 1 aromatic heterocycles. The number of aliphatic hydroxyl groups excluding tert-OH is 1. The van der Waals surface area contributed by atoms with Crippen LogP contribution in [0.1, 0.15) is 32.9 Å². The van der Waals surface area contributed by atoms with Crippen LogP contribution < -0.4 is 10.6 Å². The Morgan fingerprint density at radius 2 is 2.23 bits per heavy atom. The van der Waals surface area contributed by atoms with Gasteiger partial charge in [-0.3, -0.25) is 9.48 Å². The summed E-state index contributed by atoms with van der Waals surface area (Å²) in [5.41, 5.74) is 5.84. The van der Waals surface area contributed by atoms with E-state index in [1.807, 2.05) is 36.7 Å². The Kier molecular flexibility index (Phi) is 3.85. The first-order chi connectivity index (χ1) is 10.6.